The molecule has 2 atom stereocenters. The maximum Gasteiger partial charge on any atom is 0.179 e. The SMILES string of the molecule is N#CC1CCCC(=O)C1CS(=O)(=O)c1ccccc1. The van der Waals surface area contributed by atoms with E-state index in [0.717, 1.165) is 0 Å². The van der Waals surface area contributed by atoms with Crippen LogP contribution in [0.4, 0.5) is 0 Å². The molecule has 100 valence electrons. The summed E-state index contributed by atoms with van der Waals surface area (Å²) in [5.41, 5.74) is 0. The molecular weight excluding hydrogens is 262 g/mol. The van der Waals surface area contributed by atoms with Crippen molar-refractivity contribution in [3.63, 3.8) is 0 Å². The van der Waals surface area contributed by atoms with Gasteiger partial charge in [-0.1, -0.05) is 18.2 Å². The summed E-state index contributed by atoms with van der Waals surface area (Å²) in [5, 5.41) is 9.05. The van der Waals surface area contributed by atoms with Gasteiger partial charge in [-0.2, -0.15) is 5.26 Å². The Bertz CT molecular complexity index is 601. The summed E-state index contributed by atoms with van der Waals surface area (Å²) >= 11 is 0. The Balaban J connectivity index is 2.24. The molecule has 1 aromatic rings. The van der Waals surface area contributed by atoms with E-state index in [-0.39, 0.29) is 16.4 Å². The second kappa shape index (κ2) is 5.54. The number of hydrogen-bond acceptors (Lipinski definition) is 4. The zero-order valence-electron chi connectivity index (χ0n) is 10.5. The average molecular weight is 277 g/mol. The second-order valence-corrected chi connectivity index (χ2v) is 6.83. The summed E-state index contributed by atoms with van der Waals surface area (Å²) in [7, 11) is -3.51. The lowest BCUT2D eigenvalue weighted by molar-refractivity contribution is -0.124. The number of hydrogen-bond donors (Lipinski definition) is 0. The lowest BCUT2D eigenvalue weighted by Gasteiger charge is -2.25. The van der Waals surface area contributed by atoms with Crippen molar-refractivity contribution in [2.75, 3.05) is 5.75 Å². The monoisotopic (exact) mass is 277 g/mol. The maximum atomic E-state index is 12.2. The normalized spacial score (nSPS) is 23.8. The summed E-state index contributed by atoms with van der Waals surface area (Å²) < 4.78 is 24.5. The molecule has 0 heterocycles. The molecule has 5 heteroatoms. The predicted octanol–water partition coefficient (Wildman–Crippen LogP) is 1.97. The zero-order chi connectivity index (χ0) is 13.9. The van der Waals surface area contributed by atoms with Crippen molar-refractivity contribution in [2.45, 2.75) is 24.2 Å². The van der Waals surface area contributed by atoms with Gasteiger partial charge in [-0.3, -0.25) is 4.79 Å². The Hall–Kier alpha value is -1.67. The van der Waals surface area contributed by atoms with E-state index in [0.29, 0.717) is 19.3 Å². The van der Waals surface area contributed by atoms with E-state index in [1.165, 1.54) is 12.1 Å². The zero-order valence-corrected chi connectivity index (χ0v) is 11.3. The van der Waals surface area contributed by atoms with Crippen LogP contribution < -0.4 is 0 Å². The third-order valence-electron chi connectivity index (χ3n) is 3.50. The molecule has 2 unspecified atom stereocenters. The van der Waals surface area contributed by atoms with E-state index in [4.69, 9.17) is 5.26 Å². The van der Waals surface area contributed by atoms with Crippen molar-refractivity contribution in [3.05, 3.63) is 30.3 Å². The van der Waals surface area contributed by atoms with Gasteiger partial charge in [0, 0.05) is 12.3 Å². The minimum Gasteiger partial charge on any atom is -0.299 e. The van der Waals surface area contributed by atoms with E-state index in [1.54, 1.807) is 18.2 Å². The molecule has 19 heavy (non-hydrogen) atoms. The third kappa shape index (κ3) is 3.02. The van der Waals surface area contributed by atoms with Crippen LogP contribution in [-0.4, -0.2) is 20.0 Å². The quantitative estimate of drug-likeness (QED) is 0.846. The number of nitriles is 1. The lowest BCUT2D eigenvalue weighted by Crippen LogP contribution is -2.33. The van der Waals surface area contributed by atoms with Gasteiger partial charge in [-0.15, -0.1) is 0 Å². The minimum absolute atomic E-state index is 0.0997. The summed E-state index contributed by atoms with van der Waals surface area (Å²) in [4.78, 5) is 12.1. The van der Waals surface area contributed by atoms with Crippen LogP contribution in [0.15, 0.2) is 35.2 Å². The highest BCUT2D eigenvalue weighted by Crippen LogP contribution is 2.29. The van der Waals surface area contributed by atoms with Crippen LogP contribution in [-0.2, 0) is 14.6 Å². The first-order valence-corrected chi connectivity index (χ1v) is 7.90. The topological polar surface area (TPSA) is 75.0 Å². The molecule has 2 rings (SSSR count). The molecule has 0 saturated heterocycles. The van der Waals surface area contributed by atoms with Crippen LogP contribution >= 0.6 is 0 Å². The van der Waals surface area contributed by atoms with E-state index in [9.17, 15) is 13.2 Å². The van der Waals surface area contributed by atoms with E-state index < -0.39 is 21.7 Å². The van der Waals surface area contributed by atoms with Crippen LogP contribution in [0.2, 0.25) is 0 Å². The molecule has 4 nitrogen and oxygen atoms in total. The Morgan fingerprint density at radius 1 is 1.26 bits per heavy atom. The molecule has 0 bridgehead atoms. The highest BCUT2D eigenvalue weighted by molar-refractivity contribution is 7.91. The molecular formula is C14H15NO3S. The van der Waals surface area contributed by atoms with Gasteiger partial charge >= 0.3 is 0 Å². The highest BCUT2D eigenvalue weighted by Gasteiger charge is 2.35. The van der Waals surface area contributed by atoms with Crippen molar-refractivity contribution in [2.24, 2.45) is 11.8 Å². The molecule has 0 N–H and O–H groups in total. The van der Waals surface area contributed by atoms with Crippen molar-refractivity contribution >= 4 is 15.6 Å². The van der Waals surface area contributed by atoms with Crippen molar-refractivity contribution < 1.29 is 13.2 Å². The predicted molar refractivity (Wildman–Crippen MR) is 69.9 cm³/mol. The first kappa shape index (κ1) is 13.8. The Labute approximate surface area is 113 Å². The molecule has 1 saturated carbocycles. The summed E-state index contributed by atoms with van der Waals surface area (Å²) in [6.07, 6.45) is 1.67. The van der Waals surface area contributed by atoms with Gasteiger partial charge in [0.05, 0.1) is 22.6 Å². The summed E-state index contributed by atoms with van der Waals surface area (Å²) in [5.74, 6) is -1.50. The highest BCUT2D eigenvalue weighted by atomic mass is 32.2. The van der Waals surface area contributed by atoms with Gasteiger partial charge < -0.3 is 0 Å². The molecule has 1 fully saturated rings. The van der Waals surface area contributed by atoms with Crippen LogP contribution in [0.1, 0.15) is 19.3 Å². The third-order valence-corrected chi connectivity index (χ3v) is 5.29. The first-order chi connectivity index (χ1) is 9.04. The molecule has 0 aliphatic heterocycles. The van der Waals surface area contributed by atoms with E-state index >= 15 is 0 Å². The number of carbonyl (C=O) groups excluding carboxylic acids is 1. The fourth-order valence-corrected chi connectivity index (χ4v) is 4.09. The van der Waals surface area contributed by atoms with Crippen LogP contribution in [0.3, 0.4) is 0 Å². The lowest BCUT2D eigenvalue weighted by atomic mass is 9.80. The fraction of sp³-hybridized carbons (Fsp3) is 0.429. The summed E-state index contributed by atoms with van der Waals surface area (Å²) in [6, 6.07) is 10.1. The maximum absolute atomic E-state index is 12.2. The van der Waals surface area contributed by atoms with E-state index in [2.05, 4.69) is 6.07 Å². The van der Waals surface area contributed by atoms with Crippen LogP contribution in [0.5, 0.6) is 0 Å². The standard InChI is InChI=1S/C14H15NO3S/c15-9-11-5-4-8-14(16)13(11)10-19(17,18)12-6-2-1-3-7-12/h1-3,6-7,11,13H,4-5,8,10H2. The number of sulfone groups is 1. The smallest absolute Gasteiger partial charge is 0.179 e. The van der Waals surface area contributed by atoms with Crippen LogP contribution in [0, 0.1) is 23.2 Å². The van der Waals surface area contributed by atoms with Gasteiger partial charge in [-0.05, 0) is 25.0 Å². The van der Waals surface area contributed by atoms with Crippen molar-refractivity contribution in [1.29, 1.82) is 5.26 Å². The molecule has 0 radical (unpaired) electrons. The van der Waals surface area contributed by atoms with Crippen molar-refractivity contribution in [3.8, 4) is 6.07 Å². The first-order valence-electron chi connectivity index (χ1n) is 6.25. The number of Topliss-reactive ketones (excluding diaryl/α,β-unsaturated/α-hetero) is 1. The molecule has 0 spiro atoms. The van der Waals surface area contributed by atoms with Gasteiger partial charge in [0.2, 0.25) is 0 Å². The number of benzene rings is 1. The van der Waals surface area contributed by atoms with E-state index in [1.807, 2.05) is 0 Å². The average Bonchev–Trinajstić information content (AvgIpc) is 2.42. The number of nitrogens with zero attached hydrogens (tertiary/aromatic N) is 1. The molecule has 1 aliphatic carbocycles. The van der Waals surface area contributed by atoms with Gasteiger partial charge in [-0.25, -0.2) is 8.42 Å². The Morgan fingerprint density at radius 3 is 2.58 bits per heavy atom. The van der Waals surface area contributed by atoms with Crippen LogP contribution in [0.25, 0.3) is 0 Å². The number of carbonyl (C=O) groups is 1. The number of rotatable bonds is 3. The fourth-order valence-electron chi connectivity index (χ4n) is 2.43. The van der Waals surface area contributed by atoms with Gasteiger partial charge in [0.25, 0.3) is 0 Å². The number of ketones is 1. The van der Waals surface area contributed by atoms with Crippen molar-refractivity contribution in [1.82, 2.24) is 0 Å². The Kier molecular flexibility index (Phi) is 4.01. The summed E-state index contributed by atoms with van der Waals surface area (Å²) in [6.45, 7) is 0. The van der Waals surface area contributed by atoms with Gasteiger partial charge in [0.1, 0.15) is 5.78 Å². The largest absolute Gasteiger partial charge is 0.299 e. The molecule has 0 amide bonds. The minimum atomic E-state index is -3.51. The second-order valence-electron chi connectivity index (χ2n) is 4.80. The molecule has 1 aliphatic rings. The molecule has 1 aromatic carbocycles. The molecule has 0 aromatic heterocycles. The Morgan fingerprint density at radius 2 is 1.95 bits per heavy atom. The van der Waals surface area contributed by atoms with Gasteiger partial charge in [0.15, 0.2) is 9.84 Å².